The maximum Gasteiger partial charge on any atom is 0.257 e. The van der Waals surface area contributed by atoms with Gasteiger partial charge in [0, 0.05) is 42.6 Å². The second-order valence-corrected chi connectivity index (χ2v) is 4.95. The van der Waals surface area contributed by atoms with Gasteiger partial charge in [-0.3, -0.25) is 4.79 Å². The molecule has 1 aromatic rings. The largest absolute Gasteiger partial charge is 0.396 e. The van der Waals surface area contributed by atoms with Crippen molar-refractivity contribution in [2.45, 2.75) is 12.5 Å². The minimum absolute atomic E-state index is 0.219. The molecule has 1 fully saturated rings. The number of hydrogen-bond donors (Lipinski definition) is 3. The number of carbonyl (C=O) groups is 1. The normalized spacial score (nSPS) is 26.3. The van der Waals surface area contributed by atoms with E-state index in [-0.39, 0.29) is 12.5 Å². The van der Waals surface area contributed by atoms with E-state index >= 15 is 0 Å². The summed E-state index contributed by atoms with van der Waals surface area (Å²) >= 11 is 0. The Morgan fingerprint density at radius 1 is 1.44 bits per heavy atom. The number of hydrogen-bond acceptors (Lipinski definition) is 4. The highest BCUT2D eigenvalue weighted by Gasteiger charge is 2.29. The Morgan fingerprint density at radius 3 is 3.00 bits per heavy atom. The van der Waals surface area contributed by atoms with Gasteiger partial charge < -0.3 is 20.4 Å². The molecule has 3 N–H and O–H groups in total. The smallest absolute Gasteiger partial charge is 0.257 e. The SMILES string of the molecule is O=C1Nc2cc(N3CCC(CO)C3)ccc2C1O. The van der Waals surface area contributed by atoms with E-state index in [1.54, 1.807) is 6.07 Å². The van der Waals surface area contributed by atoms with Crippen molar-refractivity contribution in [2.24, 2.45) is 5.92 Å². The Kier molecular flexibility index (Phi) is 2.72. The molecule has 2 aliphatic heterocycles. The van der Waals surface area contributed by atoms with E-state index < -0.39 is 6.10 Å². The number of aliphatic hydroxyl groups excluding tert-OH is 2. The van der Waals surface area contributed by atoms with Crippen molar-refractivity contribution in [1.29, 1.82) is 0 Å². The number of nitrogens with one attached hydrogen (secondary N) is 1. The molecular weight excluding hydrogens is 232 g/mol. The van der Waals surface area contributed by atoms with E-state index in [1.165, 1.54) is 0 Å². The van der Waals surface area contributed by atoms with E-state index in [0.717, 1.165) is 25.2 Å². The molecule has 2 heterocycles. The lowest BCUT2D eigenvalue weighted by atomic mass is 10.1. The lowest BCUT2D eigenvalue weighted by molar-refractivity contribution is -0.123. The second-order valence-electron chi connectivity index (χ2n) is 4.95. The van der Waals surface area contributed by atoms with Crippen LogP contribution in [0, 0.1) is 5.92 Å². The van der Waals surface area contributed by atoms with Crippen LogP contribution in [-0.2, 0) is 4.79 Å². The molecule has 5 heteroatoms. The van der Waals surface area contributed by atoms with Gasteiger partial charge in [-0.05, 0) is 18.6 Å². The zero-order chi connectivity index (χ0) is 12.7. The summed E-state index contributed by atoms with van der Waals surface area (Å²) in [4.78, 5) is 13.5. The van der Waals surface area contributed by atoms with E-state index in [9.17, 15) is 9.90 Å². The van der Waals surface area contributed by atoms with E-state index in [2.05, 4.69) is 10.2 Å². The first-order chi connectivity index (χ1) is 8.69. The lowest BCUT2D eigenvalue weighted by Crippen LogP contribution is -2.20. The van der Waals surface area contributed by atoms with Crippen molar-refractivity contribution in [1.82, 2.24) is 0 Å². The highest BCUT2D eigenvalue weighted by atomic mass is 16.3. The van der Waals surface area contributed by atoms with Crippen molar-refractivity contribution in [3.63, 3.8) is 0 Å². The van der Waals surface area contributed by atoms with Crippen LogP contribution >= 0.6 is 0 Å². The minimum Gasteiger partial charge on any atom is -0.396 e. The molecule has 0 spiro atoms. The molecule has 1 saturated heterocycles. The van der Waals surface area contributed by atoms with Gasteiger partial charge in [0.15, 0.2) is 6.10 Å². The Hall–Kier alpha value is -1.59. The number of aliphatic hydroxyl groups is 2. The van der Waals surface area contributed by atoms with Crippen LogP contribution in [0.4, 0.5) is 11.4 Å². The number of fused-ring (bicyclic) bond motifs is 1. The Morgan fingerprint density at radius 2 is 2.28 bits per heavy atom. The highest BCUT2D eigenvalue weighted by molar-refractivity contribution is 6.02. The standard InChI is InChI=1S/C13H16N2O3/c16-7-8-3-4-15(6-8)9-1-2-10-11(5-9)14-13(18)12(10)17/h1-2,5,8,12,16-17H,3-4,6-7H2,(H,14,18). The van der Waals surface area contributed by atoms with Crippen molar-refractivity contribution in [3.8, 4) is 0 Å². The predicted molar refractivity (Wildman–Crippen MR) is 67.4 cm³/mol. The lowest BCUT2D eigenvalue weighted by Gasteiger charge is -2.19. The van der Waals surface area contributed by atoms with E-state index in [4.69, 9.17) is 5.11 Å². The molecule has 0 bridgehead atoms. The Balaban J connectivity index is 1.84. The molecule has 0 aliphatic carbocycles. The maximum absolute atomic E-state index is 11.4. The summed E-state index contributed by atoms with van der Waals surface area (Å²) in [5, 5.41) is 21.4. The molecule has 2 aliphatic rings. The zero-order valence-electron chi connectivity index (χ0n) is 9.97. The molecule has 2 unspecified atom stereocenters. The van der Waals surface area contributed by atoms with Crippen LogP contribution in [0.1, 0.15) is 18.1 Å². The van der Waals surface area contributed by atoms with Gasteiger partial charge in [0.25, 0.3) is 5.91 Å². The molecule has 3 rings (SSSR count). The quantitative estimate of drug-likeness (QED) is 0.712. The average Bonchev–Trinajstić information content (AvgIpc) is 2.95. The van der Waals surface area contributed by atoms with Gasteiger partial charge in [0.05, 0.1) is 0 Å². The molecule has 0 radical (unpaired) electrons. The number of nitrogens with zero attached hydrogens (tertiary/aromatic N) is 1. The fourth-order valence-corrected chi connectivity index (χ4v) is 2.65. The number of rotatable bonds is 2. The fourth-order valence-electron chi connectivity index (χ4n) is 2.65. The molecule has 18 heavy (non-hydrogen) atoms. The summed E-state index contributed by atoms with van der Waals surface area (Å²) in [7, 11) is 0. The number of amides is 1. The average molecular weight is 248 g/mol. The first-order valence-corrected chi connectivity index (χ1v) is 6.17. The van der Waals surface area contributed by atoms with Crippen LogP contribution in [0.2, 0.25) is 0 Å². The van der Waals surface area contributed by atoms with Gasteiger partial charge in [-0.15, -0.1) is 0 Å². The summed E-state index contributed by atoms with van der Waals surface area (Å²) in [5.41, 5.74) is 2.36. The molecular formula is C13H16N2O3. The van der Waals surface area contributed by atoms with E-state index in [1.807, 2.05) is 12.1 Å². The van der Waals surface area contributed by atoms with Crippen LogP contribution in [0.5, 0.6) is 0 Å². The first-order valence-electron chi connectivity index (χ1n) is 6.17. The minimum atomic E-state index is -1.04. The van der Waals surface area contributed by atoms with Crippen molar-refractivity contribution < 1.29 is 15.0 Å². The monoisotopic (exact) mass is 248 g/mol. The zero-order valence-corrected chi connectivity index (χ0v) is 9.97. The van der Waals surface area contributed by atoms with Gasteiger partial charge in [0.1, 0.15) is 0 Å². The summed E-state index contributed by atoms with van der Waals surface area (Å²) in [6, 6.07) is 5.60. The predicted octanol–water partition coefficient (Wildman–Crippen LogP) is 0.491. The molecule has 96 valence electrons. The fraction of sp³-hybridized carbons (Fsp3) is 0.462. The molecule has 0 saturated carbocycles. The summed E-state index contributed by atoms with van der Waals surface area (Å²) in [6.07, 6.45) is -0.0550. The molecule has 1 aromatic carbocycles. The van der Waals surface area contributed by atoms with Gasteiger partial charge in [0.2, 0.25) is 0 Å². The number of carbonyl (C=O) groups excluding carboxylic acids is 1. The van der Waals surface area contributed by atoms with Crippen LogP contribution < -0.4 is 10.2 Å². The van der Waals surface area contributed by atoms with Crippen LogP contribution in [-0.4, -0.2) is 35.8 Å². The van der Waals surface area contributed by atoms with Gasteiger partial charge in [-0.25, -0.2) is 0 Å². The van der Waals surface area contributed by atoms with Crippen molar-refractivity contribution >= 4 is 17.3 Å². The van der Waals surface area contributed by atoms with Crippen LogP contribution in [0.3, 0.4) is 0 Å². The maximum atomic E-state index is 11.4. The van der Waals surface area contributed by atoms with Crippen molar-refractivity contribution in [3.05, 3.63) is 23.8 Å². The highest BCUT2D eigenvalue weighted by Crippen LogP contribution is 2.35. The third-order valence-corrected chi connectivity index (χ3v) is 3.75. The Labute approximate surface area is 105 Å². The van der Waals surface area contributed by atoms with Crippen LogP contribution in [0.15, 0.2) is 18.2 Å². The summed E-state index contributed by atoms with van der Waals surface area (Å²) in [6.45, 7) is 1.98. The van der Waals surface area contributed by atoms with Gasteiger partial charge >= 0.3 is 0 Å². The number of anilines is 2. The molecule has 1 amide bonds. The number of benzene rings is 1. The summed E-state index contributed by atoms with van der Waals surface area (Å²) < 4.78 is 0. The van der Waals surface area contributed by atoms with Gasteiger partial charge in [-0.1, -0.05) is 6.07 Å². The first kappa shape index (κ1) is 11.5. The van der Waals surface area contributed by atoms with Gasteiger partial charge in [-0.2, -0.15) is 0 Å². The molecule has 0 aromatic heterocycles. The third kappa shape index (κ3) is 1.76. The van der Waals surface area contributed by atoms with E-state index in [0.29, 0.717) is 17.2 Å². The Bertz CT molecular complexity index is 489. The topological polar surface area (TPSA) is 72.8 Å². The summed E-state index contributed by atoms with van der Waals surface area (Å²) in [5.74, 6) is -0.0322. The second kappa shape index (κ2) is 4.26. The molecule has 2 atom stereocenters. The van der Waals surface area contributed by atoms with Crippen LogP contribution in [0.25, 0.3) is 0 Å². The molecule has 5 nitrogen and oxygen atoms in total. The third-order valence-electron chi connectivity index (χ3n) is 3.75. The van der Waals surface area contributed by atoms with Crippen molar-refractivity contribution in [2.75, 3.05) is 29.9 Å².